The molecule has 1 rings (SSSR count). The molecule has 0 heterocycles. The van der Waals surface area contributed by atoms with Gasteiger partial charge in [-0.3, -0.25) is 14.5 Å². The maximum Gasteiger partial charge on any atom is 0.255 e. The molecule has 2 N–H and O–H groups in total. The fourth-order valence-electron chi connectivity index (χ4n) is 2.55. The molecule has 0 aliphatic heterocycles. The van der Waals surface area contributed by atoms with Crippen LogP contribution in [-0.2, 0) is 4.79 Å². The van der Waals surface area contributed by atoms with Gasteiger partial charge in [-0.05, 0) is 32.1 Å². The van der Waals surface area contributed by atoms with E-state index in [4.69, 9.17) is 4.74 Å². The van der Waals surface area contributed by atoms with E-state index in [0.29, 0.717) is 23.5 Å². The van der Waals surface area contributed by atoms with Gasteiger partial charge in [-0.1, -0.05) is 27.7 Å². The van der Waals surface area contributed by atoms with Crippen molar-refractivity contribution in [2.24, 2.45) is 5.92 Å². The monoisotopic (exact) mass is 349 g/mol. The van der Waals surface area contributed by atoms with Gasteiger partial charge in [-0.2, -0.15) is 0 Å². The molecule has 1 aromatic carbocycles. The van der Waals surface area contributed by atoms with Crippen LogP contribution in [0.25, 0.3) is 0 Å². The first-order chi connectivity index (χ1) is 11.8. The fraction of sp³-hybridized carbons (Fsp3) is 0.579. The van der Waals surface area contributed by atoms with E-state index >= 15 is 0 Å². The number of amides is 2. The molecule has 2 amide bonds. The molecule has 1 atom stereocenters. The molecular weight excluding hydrogens is 318 g/mol. The first-order valence-corrected chi connectivity index (χ1v) is 8.85. The van der Waals surface area contributed by atoms with Crippen molar-refractivity contribution >= 4 is 17.5 Å². The lowest BCUT2D eigenvalue weighted by molar-refractivity contribution is -0.118. The van der Waals surface area contributed by atoms with Crippen molar-refractivity contribution in [3.63, 3.8) is 0 Å². The number of hydrogen-bond donors (Lipinski definition) is 2. The standard InChI is InChI=1S/C19H31N3O3/c1-7-22(8-2)14(5)12-20-19(24)16-10-9-15(11-17(16)25-6)21-18(23)13(3)4/h9-11,13-14H,7-8,12H2,1-6H3,(H,20,24)(H,21,23). The molecule has 0 spiro atoms. The Morgan fingerprint density at radius 3 is 2.32 bits per heavy atom. The summed E-state index contributed by atoms with van der Waals surface area (Å²) < 4.78 is 5.32. The zero-order valence-electron chi connectivity index (χ0n) is 16.2. The van der Waals surface area contributed by atoms with Crippen LogP contribution in [0.3, 0.4) is 0 Å². The summed E-state index contributed by atoms with van der Waals surface area (Å²) in [5.41, 5.74) is 1.07. The fourth-order valence-corrected chi connectivity index (χ4v) is 2.55. The minimum atomic E-state index is -0.183. The number of rotatable bonds is 9. The van der Waals surface area contributed by atoms with E-state index in [0.717, 1.165) is 13.1 Å². The van der Waals surface area contributed by atoms with E-state index in [9.17, 15) is 9.59 Å². The van der Waals surface area contributed by atoms with Crippen LogP contribution in [0.15, 0.2) is 18.2 Å². The molecule has 1 unspecified atom stereocenters. The SMILES string of the molecule is CCN(CC)C(C)CNC(=O)c1ccc(NC(=O)C(C)C)cc1OC. The van der Waals surface area contributed by atoms with E-state index in [1.807, 2.05) is 13.8 Å². The highest BCUT2D eigenvalue weighted by atomic mass is 16.5. The number of nitrogens with one attached hydrogen (secondary N) is 2. The predicted octanol–water partition coefficient (Wildman–Crippen LogP) is 2.75. The third-order valence-electron chi connectivity index (χ3n) is 4.23. The van der Waals surface area contributed by atoms with E-state index in [-0.39, 0.29) is 23.8 Å². The van der Waals surface area contributed by atoms with Crippen LogP contribution in [-0.4, -0.2) is 49.5 Å². The molecule has 1 aromatic rings. The number of benzene rings is 1. The molecule has 0 aromatic heterocycles. The van der Waals surface area contributed by atoms with E-state index in [2.05, 4.69) is 36.3 Å². The van der Waals surface area contributed by atoms with Gasteiger partial charge >= 0.3 is 0 Å². The number of nitrogens with zero attached hydrogens (tertiary/aromatic N) is 1. The lowest BCUT2D eigenvalue weighted by Crippen LogP contribution is -2.42. The molecule has 6 nitrogen and oxygen atoms in total. The quantitative estimate of drug-likeness (QED) is 0.719. The number of ether oxygens (including phenoxy) is 1. The maximum atomic E-state index is 12.5. The number of carbonyl (C=O) groups excluding carboxylic acids is 2. The molecule has 6 heteroatoms. The van der Waals surface area contributed by atoms with Crippen molar-refractivity contribution in [2.75, 3.05) is 32.1 Å². The van der Waals surface area contributed by atoms with Crippen LogP contribution in [0.4, 0.5) is 5.69 Å². The number of carbonyl (C=O) groups is 2. The highest BCUT2D eigenvalue weighted by Crippen LogP contribution is 2.23. The molecule has 0 saturated carbocycles. The first-order valence-electron chi connectivity index (χ1n) is 8.85. The Balaban J connectivity index is 2.80. The Hall–Kier alpha value is -2.08. The molecule has 0 saturated heterocycles. The Morgan fingerprint density at radius 2 is 1.80 bits per heavy atom. The van der Waals surface area contributed by atoms with E-state index in [1.165, 1.54) is 7.11 Å². The average molecular weight is 349 g/mol. The van der Waals surface area contributed by atoms with E-state index < -0.39 is 0 Å². The Morgan fingerprint density at radius 1 is 1.16 bits per heavy atom. The minimum Gasteiger partial charge on any atom is -0.496 e. The molecule has 140 valence electrons. The van der Waals surface area contributed by atoms with Crippen LogP contribution < -0.4 is 15.4 Å². The smallest absolute Gasteiger partial charge is 0.255 e. The highest BCUT2D eigenvalue weighted by Gasteiger charge is 2.16. The number of anilines is 1. The molecule has 0 bridgehead atoms. The lowest BCUT2D eigenvalue weighted by atomic mass is 10.1. The minimum absolute atomic E-state index is 0.0766. The summed E-state index contributed by atoms with van der Waals surface area (Å²) in [5, 5.41) is 5.76. The number of likely N-dealkylation sites (N-methyl/N-ethyl adjacent to an activating group) is 1. The molecule has 25 heavy (non-hydrogen) atoms. The molecule has 0 fully saturated rings. The number of hydrogen-bond acceptors (Lipinski definition) is 4. The molecule has 0 aliphatic rings. The average Bonchev–Trinajstić information content (AvgIpc) is 2.60. The first kappa shape index (κ1) is 21.0. The third kappa shape index (κ3) is 6.05. The van der Waals surface area contributed by atoms with Gasteiger partial charge in [0.2, 0.25) is 5.91 Å². The largest absolute Gasteiger partial charge is 0.496 e. The summed E-state index contributed by atoms with van der Waals surface area (Å²) in [5.74, 6) is 0.0648. The summed E-state index contributed by atoms with van der Waals surface area (Å²) >= 11 is 0. The Labute approximate surface area is 150 Å². The van der Waals surface area contributed by atoms with Crippen molar-refractivity contribution in [3.8, 4) is 5.75 Å². The predicted molar refractivity (Wildman–Crippen MR) is 101 cm³/mol. The van der Waals surface area contributed by atoms with Gasteiger partial charge in [0, 0.05) is 30.3 Å². The van der Waals surface area contributed by atoms with Crippen LogP contribution in [0.5, 0.6) is 5.75 Å². The van der Waals surface area contributed by atoms with Crippen LogP contribution >= 0.6 is 0 Å². The zero-order chi connectivity index (χ0) is 19.0. The Kier molecular flexibility index (Phi) is 8.41. The van der Waals surface area contributed by atoms with Crippen molar-refractivity contribution < 1.29 is 14.3 Å². The molecule has 0 aliphatic carbocycles. The lowest BCUT2D eigenvalue weighted by Gasteiger charge is -2.26. The summed E-state index contributed by atoms with van der Waals surface area (Å²) in [4.78, 5) is 26.5. The second-order valence-electron chi connectivity index (χ2n) is 6.34. The normalized spacial score (nSPS) is 12.2. The van der Waals surface area contributed by atoms with Crippen molar-refractivity contribution in [1.82, 2.24) is 10.2 Å². The van der Waals surface area contributed by atoms with Crippen LogP contribution in [0.2, 0.25) is 0 Å². The van der Waals surface area contributed by atoms with Gasteiger partial charge in [0.25, 0.3) is 5.91 Å². The van der Waals surface area contributed by atoms with Crippen molar-refractivity contribution in [1.29, 1.82) is 0 Å². The maximum absolute atomic E-state index is 12.5. The second-order valence-corrected chi connectivity index (χ2v) is 6.34. The van der Waals surface area contributed by atoms with Crippen molar-refractivity contribution in [2.45, 2.75) is 40.7 Å². The summed E-state index contributed by atoms with van der Waals surface area (Å²) in [7, 11) is 1.51. The molecular formula is C19H31N3O3. The third-order valence-corrected chi connectivity index (χ3v) is 4.23. The van der Waals surface area contributed by atoms with Crippen LogP contribution in [0.1, 0.15) is 45.0 Å². The van der Waals surface area contributed by atoms with Gasteiger partial charge in [0.15, 0.2) is 0 Å². The van der Waals surface area contributed by atoms with Gasteiger partial charge in [0.1, 0.15) is 5.75 Å². The van der Waals surface area contributed by atoms with Gasteiger partial charge < -0.3 is 15.4 Å². The topological polar surface area (TPSA) is 70.7 Å². The number of methoxy groups -OCH3 is 1. The summed E-state index contributed by atoms with van der Waals surface area (Å²) in [6.45, 7) is 12.4. The van der Waals surface area contributed by atoms with Gasteiger partial charge in [0.05, 0.1) is 12.7 Å². The van der Waals surface area contributed by atoms with Crippen molar-refractivity contribution in [3.05, 3.63) is 23.8 Å². The Bertz CT molecular complexity index is 583. The summed E-state index contributed by atoms with van der Waals surface area (Å²) in [6, 6.07) is 5.32. The molecule has 0 radical (unpaired) electrons. The highest BCUT2D eigenvalue weighted by molar-refractivity contribution is 5.98. The van der Waals surface area contributed by atoms with Crippen LogP contribution in [0, 0.1) is 5.92 Å². The zero-order valence-corrected chi connectivity index (χ0v) is 16.2. The second kappa shape index (κ2) is 10.0. The van der Waals surface area contributed by atoms with Gasteiger partial charge in [-0.15, -0.1) is 0 Å². The van der Waals surface area contributed by atoms with E-state index in [1.54, 1.807) is 18.2 Å². The summed E-state index contributed by atoms with van der Waals surface area (Å²) in [6.07, 6.45) is 0. The van der Waals surface area contributed by atoms with Gasteiger partial charge in [-0.25, -0.2) is 0 Å².